The van der Waals surface area contributed by atoms with Crippen LogP contribution in [0, 0.1) is 11.6 Å². The summed E-state index contributed by atoms with van der Waals surface area (Å²) in [5.41, 5.74) is 7.46. The molecule has 0 radical (unpaired) electrons. The second-order valence-corrected chi connectivity index (χ2v) is 4.10. The molecule has 2 N–H and O–H groups in total. The highest BCUT2D eigenvalue weighted by Crippen LogP contribution is 2.28. The van der Waals surface area contributed by atoms with Crippen molar-refractivity contribution in [1.29, 1.82) is 0 Å². The Morgan fingerprint density at radius 1 is 1.00 bits per heavy atom. The van der Waals surface area contributed by atoms with Crippen molar-refractivity contribution in [2.24, 2.45) is 5.73 Å². The van der Waals surface area contributed by atoms with E-state index >= 15 is 0 Å². The average molecular weight is 254 g/mol. The second kappa shape index (κ2) is 4.82. The summed E-state index contributed by atoms with van der Waals surface area (Å²) in [4.78, 5) is 0. The molecule has 0 spiro atoms. The molecule has 0 unspecified atom stereocenters. The van der Waals surface area contributed by atoms with Crippen molar-refractivity contribution < 1.29 is 8.78 Å². The standard InChI is InChI=1S/C13H10ClF2N/c14-10-2-1-8(7-17)13(5-10)9-3-11(15)6-12(16)4-9/h1-6H,7,17H2. The van der Waals surface area contributed by atoms with Gasteiger partial charge in [0.1, 0.15) is 11.6 Å². The number of nitrogens with two attached hydrogens (primary N) is 1. The number of hydrogen-bond donors (Lipinski definition) is 1. The predicted molar refractivity (Wildman–Crippen MR) is 64.7 cm³/mol. The Balaban J connectivity index is 2.62. The van der Waals surface area contributed by atoms with E-state index in [1.807, 2.05) is 0 Å². The molecule has 0 aromatic heterocycles. The first-order valence-corrected chi connectivity index (χ1v) is 5.43. The van der Waals surface area contributed by atoms with Gasteiger partial charge in [-0.2, -0.15) is 0 Å². The van der Waals surface area contributed by atoms with Gasteiger partial charge in [-0.15, -0.1) is 0 Å². The molecule has 0 aliphatic rings. The minimum Gasteiger partial charge on any atom is -0.326 e. The van der Waals surface area contributed by atoms with Crippen molar-refractivity contribution in [1.82, 2.24) is 0 Å². The molecule has 2 rings (SSSR count). The van der Waals surface area contributed by atoms with Crippen molar-refractivity contribution >= 4 is 11.6 Å². The molecule has 0 atom stereocenters. The van der Waals surface area contributed by atoms with Gasteiger partial charge in [0, 0.05) is 17.6 Å². The Kier molecular flexibility index (Phi) is 3.41. The molecule has 0 amide bonds. The van der Waals surface area contributed by atoms with Crippen LogP contribution in [0.2, 0.25) is 5.02 Å². The molecule has 88 valence electrons. The zero-order chi connectivity index (χ0) is 12.4. The first kappa shape index (κ1) is 12.0. The molecule has 2 aromatic carbocycles. The Bertz CT molecular complexity index is 535. The van der Waals surface area contributed by atoms with Crippen LogP contribution in [0.25, 0.3) is 11.1 Å². The quantitative estimate of drug-likeness (QED) is 0.867. The van der Waals surface area contributed by atoms with Crippen LogP contribution < -0.4 is 5.73 Å². The topological polar surface area (TPSA) is 26.0 Å². The molecule has 2 aromatic rings. The third kappa shape index (κ3) is 2.62. The first-order chi connectivity index (χ1) is 8.10. The third-order valence-electron chi connectivity index (χ3n) is 2.47. The zero-order valence-electron chi connectivity index (χ0n) is 8.88. The van der Waals surface area contributed by atoms with Crippen LogP contribution in [-0.4, -0.2) is 0 Å². The fourth-order valence-electron chi connectivity index (χ4n) is 1.70. The van der Waals surface area contributed by atoms with Crippen molar-refractivity contribution in [2.75, 3.05) is 0 Å². The first-order valence-electron chi connectivity index (χ1n) is 5.05. The Labute approximate surface area is 103 Å². The maximum absolute atomic E-state index is 13.1. The highest BCUT2D eigenvalue weighted by atomic mass is 35.5. The normalized spacial score (nSPS) is 10.6. The van der Waals surface area contributed by atoms with Gasteiger partial charge in [0.2, 0.25) is 0 Å². The summed E-state index contributed by atoms with van der Waals surface area (Å²) in [5.74, 6) is -1.24. The van der Waals surface area contributed by atoms with Crippen LogP contribution >= 0.6 is 11.6 Å². The zero-order valence-corrected chi connectivity index (χ0v) is 9.64. The van der Waals surface area contributed by atoms with Crippen LogP contribution in [0.3, 0.4) is 0 Å². The Morgan fingerprint density at radius 2 is 1.65 bits per heavy atom. The smallest absolute Gasteiger partial charge is 0.126 e. The lowest BCUT2D eigenvalue weighted by Gasteiger charge is -2.09. The maximum atomic E-state index is 13.1. The van der Waals surface area contributed by atoms with Crippen LogP contribution in [0.15, 0.2) is 36.4 Å². The number of hydrogen-bond acceptors (Lipinski definition) is 1. The minimum absolute atomic E-state index is 0.282. The van der Waals surface area contributed by atoms with Gasteiger partial charge in [-0.3, -0.25) is 0 Å². The molecule has 0 saturated heterocycles. The van der Waals surface area contributed by atoms with Gasteiger partial charge in [0.15, 0.2) is 0 Å². The van der Waals surface area contributed by atoms with Gasteiger partial charge in [0.25, 0.3) is 0 Å². The highest BCUT2D eigenvalue weighted by Gasteiger charge is 2.08. The van der Waals surface area contributed by atoms with Crippen molar-refractivity contribution in [3.05, 3.63) is 58.6 Å². The average Bonchev–Trinajstić information content (AvgIpc) is 2.27. The largest absolute Gasteiger partial charge is 0.326 e. The van der Waals surface area contributed by atoms with Crippen LogP contribution in [0.5, 0.6) is 0 Å². The fourth-order valence-corrected chi connectivity index (χ4v) is 1.88. The highest BCUT2D eigenvalue weighted by molar-refractivity contribution is 6.30. The van der Waals surface area contributed by atoms with Crippen LogP contribution in [-0.2, 0) is 6.54 Å². The van der Waals surface area contributed by atoms with Crippen molar-refractivity contribution in [2.45, 2.75) is 6.54 Å². The number of benzene rings is 2. The molecule has 0 aliphatic carbocycles. The second-order valence-electron chi connectivity index (χ2n) is 3.66. The lowest BCUT2D eigenvalue weighted by molar-refractivity contribution is 0.584. The van der Waals surface area contributed by atoms with E-state index in [4.69, 9.17) is 17.3 Å². The van der Waals surface area contributed by atoms with Gasteiger partial charge >= 0.3 is 0 Å². The van der Waals surface area contributed by atoms with Crippen molar-refractivity contribution in [3.63, 3.8) is 0 Å². The number of rotatable bonds is 2. The van der Waals surface area contributed by atoms with E-state index < -0.39 is 11.6 Å². The van der Waals surface area contributed by atoms with Crippen LogP contribution in [0.1, 0.15) is 5.56 Å². The molecule has 0 fully saturated rings. The molecule has 0 bridgehead atoms. The van der Waals surface area contributed by atoms with Gasteiger partial charge in [-0.1, -0.05) is 17.7 Å². The minimum atomic E-state index is -0.622. The lowest BCUT2D eigenvalue weighted by Crippen LogP contribution is -1.99. The Hall–Kier alpha value is -1.45. The Morgan fingerprint density at radius 3 is 2.24 bits per heavy atom. The van der Waals surface area contributed by atoms with E-state index in [0.29, 0.717) is 16.1 Å². The summed E-state index contributed by atoms with van der Waals surface area (Å²) in [7, 11) is 0. The fraction of sp³-hybridized carbons (Fsp3) is 0.0769. The molecular weight excluding hydrogens is 244 g/mol. The van der Waals surface area contributed by atoms with Gasteiger partial charge in [-0.25, -0.2) is 8.78 Å². The molecule has 4 heteroatoms. The molecule has 0 heterocycles. The van der Waals surface area contributed by atoms with Crippen molar-refractivity contribution in [3.8, 4) is 11.1 Å². The maximum Gasteiger partial charge on any atom is 0.126 e. The van der Waals surface area contributed by atoms with Gasteiger partial charge < -0.3 is 5.73 Å². The van der Waals surface area contributed by atoms with E-state index in [1.54, 1.807) is 18.2 Å². The van der Waals surface area contributed by atoms with Gasteiger partial charge in [-0.05, 0) is 41.0 Å². The summed E-state index contributed by atoms with van der Waals surface area (Å²) < 4.78 is 26.3. The van der Waals surface area contributed by atoms with Crippen LogP contribution in [0.4, 0.5) is 8.78 Å². The third-order valence-corrected chi connectivity index (χ3v) is 2.70. The summed E-state index contributed by atoms with van der Waals surface area (Å²) >= 11 is 5.87. The molecule has 1 nitrogen and oxygen atoms in total. The van der Waals surface area contributed by atoms with E-state index in [0.717, 1.165) is 11.6 Å². The molecule has 0 aliphatic heterocycles. The SMILES string of the molecule is NCc1ccc(Cl)cc1-c1cc(F)cc(F)c1. The molecule has 17 heavy (non-hydrogen) atoms. The van der Waals surface area contributed by atoms with E-state index in [1.165, 1.54) is 12.1 Å². The summed E-state index contributed by atoms with van der Waals surface area (Å²) in [6.45, 7) is 0.282. The monoisotopic (exact) mass is 253 g/mol. The summed E-state index contributed by atoms with van der Waals surface area (Å²) in [5, 5.41) is 0.502. The lowest BCUT2D eigenvalue weighted by atomic mass is 9.99. The predicted octanol–water partition coefficient (Wildman–Crippen LogP) is 3.74. The summed E-state index contributed by atoms with van der Waals surface area (Å²) in [6, 6.07) is 8.44. The molecule has 0 saturated carbocycles. The number of halogens is 3. The van der Waals surface area contributed by atoms with E-state index in [-0.39, 0.29) is 6.54 Å². The van der Waals surface area contributed by atoms with Gasteiger partial charge in [0.05, 0.1) is 0 Å². The molecular formula is C13H10ClF2N. The van der Waals surface area contributed by atoms with E-state index in [9.17, 15) is 8.78 Å². The van der Waals surface area contributed by atoms with E-state index in [2.05, 4.69) is 0 Å². The summed E-state index contributed by atoms with van der Waals surface area (Å²) in [6.07, 6.45) is 0.